The first-order chi connectivity index (χ1) is 8.54. The first kappa shape index (κ1) is 14.1. The molecule has 0 spiro atoms. The van der Waals surface area contributed by atoms with E-state index in [1.807, 2.05) is 0 Å². The summed E-state index contributed by atoms with van der Waals surface area (Å²) < 4.78 is 2.28. The number of hydrogen-bond acceptors (Lipinski definition) is 2. The van der Waals surface area contributed by atoms with Gasteiger partial charge in [-0.15, -0.1) is 0 Å². The van der Waals surface area contributed by atoms with Gasteiger partial charge >= 0.3 is 0 Å². The summed E-state index contributed by atoms with van der Waals surface area (Å²) in [6.45, 7) is 7.38. The molecule has 2 rings (SSSR count). The van der Waals surface area contributed by atoms with Gasteiger partial charge in [0.25, 0.3) is 0 Å². The zero-order valence-electron chi connectivity index (χ0n) is 10.7. The monoisotopic (exact) mass is 418 g/mol. The van der Waals surface area contributed by atoms with Crippen LogP contribution in [-0.4, -0.2) is 11.5 Å². The largest absolute Gasteiger partial charge is 0.385 e. The first-order valence-corrected chi connectivity index (χ1v) is 7.94. The molecule has 1 heterocycles. The second-order valence-corrected chi connectivity index (χ2v) is 6.55. The highest BCUT2D eigenvalue weighted by Gasteiger charge is 2.12. The van der Waals surface area contributed by atoms with Gasteiger partial charge < -0.3 is 5.32 Å². The predicted molar refractivity (Wildman–Crippen MR) is 90.4 cm³/mol. The van der Waals surface area contributed by atoms with E-state index in [-0.39, 0.29) is 0 Å². The van der Waals surface area contributed by atoms with E-state index in [1.165, 1.54) is 8.96 Å². The molecule has 0 amide bonds. The zero-order chi connectivity index (χ0) is 13.3. The number of nitrogens with zero attached hydrogens (tertiary/aromatic N) is 1. The number of hydrogen-bond donors (Lipinski definition) is 1. The van der Waals surface area contributed by atoms with Gasteiger partial charge in [-0.05, 0) is 53.6 Å². The summed E-state index contributed by atoms with van der Waals surface area (Å²) in [4.78, 5) is 4.80. The number of pyridine rings is 1. The topological polar surface area (TPSA) is 24.9 Å². The second kappa shape index (κ2) is 5.74. The normalized spacial score (nSPS) is 11.2. The van der Waals surface area contributed by atoms with E-state index in [2.05, 4.69) is 82.8 Å². The smallest absolute Gasteiger partial charge is 0.0870 e. The fourth-order valence-corrected chi connectivity index (χ4v) is 3.02. The Balaban J connectivity index is 2.80. The van der Waals surface area contributed by atoms with Crippen LogP contribution in [0.1, 0.15) is 32.4 Å². The van der Waals surface area contributed by atoms with Crippen molar-refractivity contribution in [3.8, 4) is 0 Å². The summed E-state index contributed by atoms with van der Waals surface area (Å²) in [5, 5.41) is 4.61. The quantitative estimate of drug-likeness (QED) is 0.696. The van der Waals surface area contributed by atoms with Crippen molar-refractivity contribution in [2.75, 3.05) is 11.9 Å². The summed E-state index contributed by atoms with van der Waals surface area (Å²) in [6.07, 6.45) is 0. The molecule has 2 aromatic rings. The molecule has 4 heteroatoms. The Morgan fingerprint density at radius 1 is 1.39 bits per heavy atom. The lowest BCUT2D eigenvalue weighted by molar-refractivity contribution is 0.830. The van der Waals surface area contributed by atoms with Gasteiger partial charge in [0.15, 0.2) is 0 Å². The average molecular weight is 419 g/mol. The molecule has 1 N–H and O–H groups in total. The average Bonchev–Trinajstić information content (AvgIpc) is 2.33. The van der Waals surface area contributed by atoms with E-state index < -0.39 is 0 Å². The number of aromatic nitrogens is 1. The van der Waals surface area contributed by atoms with Crippen molar-refractivity contribution in [3.05, 3.63) is 31.9 Å². The van der Waals surface area contributed by atoms with Gasteiger partial charge in [-0.1, -0.05) is 29.8 Å². The summed E-state index contributed by atoms with van der Waals surface area (Å²) in [5.41, 5.74) is 3.37. The lowest BCUT2D eigenvalue weighted by Crippen LogP contribution is -2.03. The first-order valence-electron chi connectivity index (χ1n) is 6.07. The van der Waals surface area contributed by atoms with Crippen LogP contribution in [0.3, 0.4) is 0 Å². The Morgan fingerprint density at radius 2 is 2.11 bits per heavy atom. The Morgan fingerprint density at radius 3 is 2.72 bits per heavy atom. The van der Waals surface area contributed by atoms with Crippen LogP contribution in [0.15, 0.2) is 22.7 Å². The number of rotatable bonds is 3. The second-order valence-electron chi connectivity index (χ2n) is 4.53. The molecule has 0 aliphatic rings. The zero-order valence-corrected chi connectivity index (χ0v) is 14.5. The third-order valence-electron chi connectivity index (χ3n) is 2.84. The molecule has 1 aromatic heterocycles. The number of anilines is 1. The van der Waals surface area contributed by atoms with Crippen LogP contribution in [0.25, 0.3) is 10.9 Å². The van der Waals surface area contributed by atoms with Crippen LogP contribution in [-0.2, 0) is 0 Å². The minimum Gasteiger partial charge on any atom is -0.385 e. The number of benzene rings is 1. The Hall–Kier alpha value is -0.360. The third-order valence-corrected chi connectivity index (χ3v) is 4.37. The molecular formula is C14H16BrIN2. The van der Waals surface area contributed by atoms with Crippen LogP contribution >= 0.6 is 38.5 Å². The van der Waals surface area contributed by atoms with Crippen molar-refractivity contribution in [1.29, 1.82) is 0 Å². The summed E-state index contributed by atoms with van der Waals surface area (Å²) in [5.74, 6) is 0.432. The number of fused-ring (bicyclic) bond motifs is 1. The highest BCUT2D eigenvalue weighted by molar-refractivity contribution is 14.1. The van der Waals surface area contributed by atoms with Gasteiger partial charge in [0, 0.05) is 31.4 Å². The molecule has 0 atom stereocenters. The molecule has 18 heavy (non-hydrogen) atoms. The Labute approximate surface area is 130 Å². The highest BCUT2D eigenvalue weighted by Crippen LogP contribution is 2.34. The van der Waals surface area contributed by atoms with Crippen molar-refractivity contribution < 1.29 is 0 Å². The van der Waals surface area contributed by atoms with E-state index in [9.17, 15) is 0 Å². The van der Waals surface area contributed by atoms with E-state index in [0.29, 0.717) is 5.92 Å². The maximum atomic E-state index is 4.80. The number of nitrogens with one attached hydrogen (secondary N) is 1. The summed E-state index contributed by atoms with van der Waals surface area (Å²) >= 11 is 5.98. The molecule has 2 nitrogen and oxygen atoms in total. The Kier molecular flexibility index (Phi) is 4.48. The SMILES string of the molecule is CCNc1cc(C(C)C)nc2c(I)ccc(Br)c12. The van der Waals surface area contributed by atoms with Crippen molar-refractivity contribution in [2.45, 2.75) is 26.7 Å². The van der Waals surface area contributed by atoms with E-state index in [0.717, 1.165) is 27.9 Å². The van der Waals surface area contributed by atoms with Gasteiger partial charge in [-0.25, -0.2) is 0 Å². The lowest BCUT2D eigenvalue weighted by atomic mass is 10.1. The molecule has 0 aliphatic carbocycles. The standard InChI is InChI=1S/C14H16BrIN2/c1-4-17-12-7-11(8(2)3)18-14-10(16)6-5-9(15)13(12)14/h5-8H,4H2,1-3H3,(H,17,18). The van der Waals surface area contributed by atoms with E-state index >= 15 is 0 Å². The summed E-state index contributed by atoms with van der Waals surface area (Å²) in [7, 11) is 0. The van der Waals surface area contributed by atoms with Crippen LogP contribution in [0.4, 0.5) is 5.69 Å². The maximum absolute atomic E-state index is 4.80. The highest BCUT2D eigenvalue weighted by atomic mass is 127. The van der Waals surface area contributed by atoms with Gasteiger partial charge in [0.2, 0.25) is 0 Å². The minimum atomic E-state index is 0.432. The fraction of sp³-hybridized carbons (Fsp3) is 0.357. The van der Waals surface area contributed by atoms with Crippen LogP contribution in [0, 0.1) is 3.57 Å². The van der Waals surface area contributed by atoms with Crippen molar-refractivity contribution in [3.63, 3.8) is 0 Å². The molecule has 0 saturated heterocycles. The molecule has 0 radical (unpaired) electrons. The maximum Gasteiger partial charge on any atom is 0.0870 e. The minimum absolute atomic E-state index is 0.432. The van der Waals surface area contributed by atoms with Crippen molar-refractivity contribution in [1.82, 2.24) is 4.98 Å². The fourth-order valence-electron chi connectivity index (χ4n) is 1.91. The molecular weight excluding hydrogens is 403 g/mol. The predicted octanol–water partition coefficient (Wildman–Crippen LogP) is 5.16. The molecule has 0 bridgehead atoms. The van der Waals surface area contributed by atoms with Crippen LogP contribution in [0.5, 0.6) is 0 Å². The Bertz CT molecular complexity index is 582. The molecule has 0 saturated carbocycles. The van der Waals surface area contributed by atoms with E-state index in [4.69, 9.17) is 4.98 Å². The third kappa shape index (κ3) is 2.64. The summed E-state index contributed by atoms with van der Waals surface area (Å²) in [6, 6.07) is 6.35. The molecule has 0 fully saturated rings. The van der Waals surface area contributed by atoms with Gasteiger partial charge in [-0.3, -0.25) is 4.98 Å². The van der Waals surface area contributed by atoms with Crippen molar-refractivity contribution in [2.24, 2.45) is 0 Å². The molecule has 0 aliphatic heterocycles. The van der Waals surface area contributed by atoms with Crippen LogP contribution in [0.2, 0.25) is 0 Å². The van der Waals surface area contributed by atoms with Crippen molar-refractivity contribution >= 4 is 55.1 Å². The molecule has 0 unspecified atom stereocenters. The van der Waals surface area contributed by atoms with E-state index in [1.54, 1.807) is 0 Å². The van der Waals surface area contributed by atoms with Gasteiger partial charge in [0.1, 0.15) is 0 Å². The van der Waals surface area contributed by atoms with Gasteiger partial charge in [0.05, 0.1) is 5.52 Å². The lowest BCUT2D eigenvalue weighted by Gasteiger charge is -2.14. The number of halogens is 2. The molecule has 96 valence electrons. The van der Waals surface area contributed by atoms with Crippen LogP contribution < -0.4 is 5.32 Å². The van der Waals surface area contributed by atoms with Gasteiger partial charge in [-0.2, -0.15) is 0 Å². The molecule has 1 aromatic carbocycles.